The number of amidine groups is 1. The maximum atomic E-state index is 12.0. The van der Waals surface area contributed by atoms with Crippen LogP contribution in [0.5, 0.6) is 0 Å². The number of carbonyl (C=O) groups excluding carboxylic acids is 1. The summed E-state index contributed by atoms with van der Waals surface area (Å²) in [4.78, 5) is 12.0. The van der Waals surface area contributed by atoms with E-state index in [-0.39, 0.29) is 23.8 Å². The van der Waals surface area contributed by atoms with Crippen LogP contribution in [0.1, 0.15) is 51.4 Å². The van der Waals surface area contributed by atoms with Gasteiger partial charge >= 0.3 is 6.03 Å². The molecule has 19 heavy (non-hydrogen) atoms. The maximum Gasteiger partial charge on any atom is 0.315 e. The lowest BCUT2D eigenvalue weighted by Gasteiger charge is -2.25. The number of oxime groups is 1. The number of carbonyl (C=O) groups is 1. The third-order valence-corrected chi connectivity index (χ3v) is 4.27. The first-order chi connectivity index (χ1) is 9.20. The van der Waals surface area contributed by atoms with Crippen molar-refractivity contribution >= 4 is 11.9 Å². The van der Waals surface area contributed by atoms with Crippen LogP contribution < -0.4 is 16.4 Å². The molecule has 2 atom stereocenters. The van der Waals surface area contributed by atoms with E-state index in [9.17, 15) is 4.79 Å². The second-order valence-corrected chi connectivity index (χ2v) is 5.62. The number of urea groups is 1. The second-order valence-electron chi connectivity index (χ2n) is 5.62. The Bertz CT molecular complexity index is 340. The van der Waals surface area contributed by atoms with Gasteiger partial charge in [-0.05, 0) is 25.7 Å². The summed E-state index contributed by atoms with van der Waals surface area (Å²) in [5.74, 6) is 0.183. The van der Waals surface area contributed by atoms with Crippen molar-refractivity contribution in [2.75, 3.05) is 0 Å². The minimum atomic E-state index is -0.116. The van der Waals surface area contributed by atoms with Crippen LogP contribution in [0, 0.1) is 5.92 Å². The summed E-state index contributed by atoms with van der Waals surface area (Å²) < 4.78 is 0. The SMILES string of the molecule is NC(=NO)C1CCCC1NC(=O)NC1CCCCC1. The van der Waals surface area contributed by atoms with E-state index in [1.807, 2.05) is 0 Å². The summed E-state index contributed by atoms with van der Waals surface area (Å²) in [5.41, 5.74) is 5.66. The lowest BCUT2D eigenvalue weighted by molar-refractivity contribution is 0.227. The van der Waals surface area contributed by atoms with Crippen LogP contribution in [-0.2, 0) is 0 Å². The Morgan fingerprint density at radius 3 is 2.47 bits per heavy atom. The molecule has 0 aliphatic heterocycles. The number of rotatable bonds is 3. The van der Waals surface area contributed by atoms with Crippen LogP contribution in [0.15, 0.2) is 5.16 Å². The molecule has 2 amide bonds. The minimum absolute atomic E-state index is 0.0144. The maximum absolute atomic E-state index is 12.0. The molecule has 0 spiro atoms. The zero-order chi connectivity index (χ0) is 13.7. The van der Waals surface area contributed by atoms with Crippen LogP contribution >= 0.6 is 0 Å². The van der Waals surface area contributed by atoms with E-state index in [0.717, 1.165) is 32.1 Å². The van der Waals surface area contributed by atoms with Crippen LogP contribution in [0.3, 0.4) is 0 Å². The van der Waals surface area contributed by atoms with E-state index in [2.05, 4.69) is 15.8 Å². The van der Waals surface area contributed by atoms with Gasteiger partial charge in [-0.3, -0.25) is 0 Å². The summed E-state index contributed by atoms with van der Waals surface area (Å²) in [6, 6.07) is 0.173. The number of hydrogen-bond acceptors (Lipinski definition) is 3. The Labute approximate surface area is 113 Å². The van der Waals surface area contributed by atoms with Crippen LogP contribution in [-0.4, -0.2) is 29.2 Å². The van der Waals surface area contributed by atoms with E-state index >= 15 is 0 Å². The van der Waals surface area contributed by atoms with Gasteiger partial charge in [0.25, 0.3) is 0 Å². The molecule has 0 aromatic carbocycles. The number of nitrogens with two attached hydrogens (primary N) is 1. The first-order valence-corrected chi connectivity index (χ1v) is 7.25. The standard InChI is InChI=1S/C13H24N4O2/c14-12(17-19)10-7-4-8-11(10)16-13(18)15-9-5-2-1-3-6-9/h9-11,19H,1-8H2,(H2,14,17)(H2,15,16,18). The molecule has 2 fully saturated rings. The number of nitrogens with one attached hydrogen (secondary N) is 2. The minimum Gasteiger partial charge on any atom is -0.409 e. The Hall–Kier alpha value is -1.46. The molecule has 2 saturated carbocycles. The topological polar surface area (TPSA) is 99.7 Å². The fourth-order valence-corrected chi connectivity index (χ4v) is 3.20. The highest BCUT2D eigenvalue weighted by Crippen LogP contribution is 2.26. The van der Waals surface area contributed by atoms with E-state index in [1.54, 1.807) is 0 Å². The highest BCUT2D eigenvalue weighted by Gasteiger charge is 2.32. The molecule has 0 aromatic heterocycles. The Kier molecular flexibility index (Phi) is 4.87. The van der Waals surface area contributed by atoms with Gasteiger partial charge in [-0.2, -0.15) is 0 Å². The van der Waals surface area contributed by atoms with Crippen molar-refractivity contribution in [1.29, 1.82) is 0 Å². The summed E-state index contributed by atoms with van der Waals surface area (Å²) in [5, 5.41) is 17.8. The van der Waals surface area contributed by atoms with Crippen LogP contribution in [0.25, 0.3) is 0 Å². The van der Waals surface area contributed by atoms with Crippen LogP contribution in [0.4, 0.5) is 4.79 Å². The van der Waals surface area contributed by atoms with Crippen molar-refractivity contribution in [2.24, 2.45) is 16.8 Å². The Morgan fingerprint density at radius 2 is 1.79 bits per heavy atom. The number of nitrogens with zero attached hydrogens (tertiary/aromatic N) is 1. The predicted molar refractivity (Wildman–Crippen MR) is 73.1 cm³/mol. The van der Waals surface area contributed by atoms with E-state index in [0.29, 0.717) is 6.04 Å². The van der Waals surface area contributed by atoms with Crippen LogP contribution in [0.2, 0.25) is 0 Å². The number of hydrogen-bond donors (Lipinski definition) is 4. The molecule has 2 aliphatic carbocycles. The molecule has 2 aliphatic rings. The van der Waals surface area contributed by atoms with Gasteiger partial charge in [0.2, 0.25) is 0 Å². The van der Waals surface area contributed by atoms with Crippen molar-refractivity contribution < 1.29 is 10.0 Å². The van der Waals surface area contributed by atoms with E-state index < -0.39 is 0 Å². The van der Waals surface area contributed by atoms with Gasteiger partial charge in [-0.25, -0.2) is 4.79 Å². The summed E-state index contributed by atoms with van der Waals surface area (Å²) >= 11 is 0. The fourth-order valence-electron chi connectivity index (χ4n) is 3.20. The highest BCUT2D eigenvalue weighted by atomic mass is 16.4. The lowest BCUT2D eigenvalue weighted by Crippen LogP contribution is -2.49. The van der Waals surface area contributed by atoms with Gasteiger partial charge < -0.3 is 21.6 Å². The third-order valence-electron chi connectivity index (χ3n) is 4.27. The third kappa shape index (κ3) is 3.75. The molecule has 0 aromatic rings. The molecule has 0 heterocycles. The van der Waals surface area contributed by atoms with Gasteiger partial charge in [0.15, 0.2) is 0 Å². The highest BCUT2D eigenvalue weighted by molar-refractivity contribution is 5.84. The summed E-state index contributed by atoms with van der Waals surface area (Å²) in [6.07, 6.45) is 8.55. The molecule has 0 bridgehead atoms. The average Bonchev–Trinajstić information content (AvgIpc) is 2.87. The molecule has 2 rings (SSSR count). The summed E-state index contributed by atoms with van der Waals surface area (Å²) in [7, 11) is 0. The first kappa shape index (κ1) is 14.0. The lowest BCUT2D eigenvalue weighted by atomic mass is 9.96. The van der Waals surface area contributed by atoms with Crippen molar-refractivity contribution in [3.63, 3.8) is 0 Å². The normalized spacial score (nSPS) is 29.2. The number of amides is 2. The van der Waals surface area contributed by atoms with Crippen molar-refractivity contribution in [3.05, 3.63) is 0 Å². The van der Waals surface area contributed by atoms with Gasteiger partial charge in [0.1, 0.15) is 5.84 Å². The quantitative estimate of drug-likeness (QED) is 0.270. The molecule has 6 nitrogen and oxygen atoms in total. The largest absolute Gasteiger partial charge is 0.409 e. The molecule has 108 valence electrons. The van der Waals surface area contributed by atoms with Crippen molar-refractivity contribution in [1.82, 2.24) is 10.6 Å². The molecule has 0 radical (unpaired) electrons. The van der Waals surface area contributed by atoms with Gasteiger partial charge in [-0.15, -0.1) is 0 Å². The average molecular weight is 268 g/mol. The smallest absolute Gasteiger partial charge is 0.315 e. The Balaban J connectivity index is 1.80. The summed E-state index contributed by atoms with van der Waals surface area (Å²) in [6.45, 7) is 0. The predicted octanol–water partition coefficient (Wildman–Crippen LogP) is 1.53. The zero-order valence-electron chi connectivity index (χ0n) is 11.3. The van der Waals surface area contributed by atoms with E-state index in [4.69, 9.17) is 10.9 Å². The first-order valence-electron chi connectivity index (χ1n) is 7.25. The molecule has 6 heteroatoms. The molecule has 5 N–H and O–H groups in total. The van der Waals surface area contributed by atoms with Gasteiger partial charge in [-0.1, -0.05) is 30.8 Å². The second kappa shape index (κ2) is 6.63. The fraction of sp³-hybridized carbons (Fsp3) is 0.846. The van der Waals surface area contributed by atoms with Gasteiger partial charge in [0.05, 0.1) is 0 Å². The van der Waals surface area contributed by atoms with Gasteiger partial charge in [0, 0.05) is 18.0 Å². The van der Waals surface area contributed by atoms with Crippen molar-refractivity contribution in [2.45, 2.75) is 63.5 Å². The Morgan fingerprint density at radius 1 is 1.05 bits per heavy atom. The monoisotopic (exact) mass is 268 g/mol. The van der Waals surface area contributed by atoms with Crippen molar-refractivity contribution in [3.8, 4) is 0 Å². The zero-order valence-corrected chi connectivity index (χ0v) is 11.3. The molecular weight excluding hydrogens is 244 g/mol. The molecule has 2 unspecified atom stereocenters. The molecular formula is C13H24N4O2. The molecule has 0 saturated heterocycles. The van der Waals surface area contributed by atoms with E-state index in [1.165, 1.54) is 19.3 Å².